The van der Waals surface area contributed by atoms with E-state index in [1.54, 1.807) is 11.3 Å². The van der Waals surface area contributed by atoms with Gasteiger partial charge >= 0.3 is 0 Å². The molecular weight excluding hydrogens is 466 g/mol. The van der Waals surface area contributed by atoms with E-state index >= 15 is 0 Å². The van der Waals surface area contributed by atoms with E-state index in [0.717, 1.165) is 0 Å². The van der Waals surface area contributed by atoms with Crippen molar-refractivity contribution >= 4 is 29.1 Å². The summed E-state index contributed by atoms with van der Waals surface area (Å²) in [5.74, 6) is 0.238. The molecule has 0 spiro atoms. The number of benzene rings is 2. The number of hydrogen-bond acceptors (Lipinski definition) is 2. The molecule has 2 aromatic carbocycles. The molecular formula is C35H55NS. The lowest BCUT2D eigenvalue weighted by molar-refractivity contribution is 0.490. The van der Waals surface area contributed by atoms with Crippen molar-refractivity contribution in [2.45, 2.75) is 101 Å². The molecule has 0 bridgehead atoms. The number of rotatable bonds is 6. The van der Waals surface area contributed by atoms with Crippen molar-refractivity contribution in [2.24, 2.45) is 5.73 Å². The molecule has 3 rings (SSSR count). The molecule has 0 aliphatic carbocycles. The molecule has 0 aliphatic heterocycles. The first kappa shape index (κ1) is 36.7. The molecule has 2 unspecified atom stereocenters. The maximum Gasteiger partial charge on any atom is 0.0380 e. The molecule has 2 N–H and O–H groups in total. The fraction of sp³-hybridized carbons (Fsp3) is 0.429. The summed E-state index contributed by atoms with van der Waals surface area (Å²) >= 11 is 1.80. The standard InChI is InChI=1S/C27H31NS.4C2H6/c1-19-6-10-23(11-7-19)18-21(3)26-15-14-25(29-26)16-17-27(5,28)22(4)24-12-8-20(2)9-13-24;4*1-2/h6-18,22H,28H2,1-5H3;4*1-2H3/b17-16+,21-18+;;;;. The van der Waals surface area contributed by atoms with Crippen LogP contribution in [0.15, 0.2) is 66.7 Å². The molecule has 1 nitrogen and oxygen atoms in total. The third kappa shape index (κ3) is 13.1. The first-order valence-electron chi connectivity index (χ1n) is 14.1. The minimum absolute atomic E-state index is 0.238. The third-order valence-electron chi connectivity index (χ3n) is 5.59. The Labute approximate surface area is 234 Å². The van der Waals surface area contributed by atoms with Gasteiger partial charge in [-0.1, -0.05) is 134 Å². The van der Waals surface area contributed by atoms with Crippen molar-refractivity contribution in [3.8, 4) is 0 Å². The lowest BCUT2D eigenvalue weighted by atomic mass is 9.82. The van der Waals surface area contributed by atoms with Crippen LogP contribution in [0.1, 0.15) is 114 Å². The predicted molar refractivity (Wildman–Crippen MR) is 176 cm³/mol. The topological polar surface area (TPSA) is 26.0 Å². The fourth-order valence-electron chi connectivity index (χ4n) is 3.26. The first-order chi connectivity index (χ1) is 17.7. The summed E-state index contributed by atoms with van der Waals surface area (Å²) in [4.78, 5) is 2.51. The summed E-state index contributed by atoms with van der Waals surface area (Å²) in [5.41, 5.74) is 12.6. The highest BCUT2D eigenvalue weighted by Crippen LogP contribution is 2.30. The second-order valence-electron chi connectivity index (χ2n) is 8.27. The van der Waals surface area contributed by atoms with E-state index in [-0.39, 0.29) is 5.92 Å². The van der Waals surface area contributed by atoms with Gasteiger partial charge in [-0.15, -0.1) is 11.3 Å². The van der Waals surface area contributed by atoms with Gasteiger partial charge in [-0.05, 0) is 62.6 Å². The van der Waals surface area contributed by atoms with Gasteiger partial charge in [0, 0.05) is 21.2 Å². The zero-order chi connectivity index (χ0) is 29.0. The predicted octanol–water partition coefficient (Wildman–Crippen LogP) is 11.6. The Kier molecular flexibility index (Phi) is 20.5. The minimum Gasteiger partial charge on any atom is -0.322 e. The highest BCUT2D eigenvalue weighted by Gasteiger charge is 2.24. The van der Waals surface area contributed by atoms with Crippen molar-refractivity contribution in [1.29, 1.82) is 0 Å². The van der Waals surface area contributed by atoms with Crippen LogP contribution in [0.5, 0.6) is 0 Å². The van der Waals surface area contributed by atoms with E-state index in [9.17, 15) is 0 Å². The zero-order valence-electron chi connectivity index (χ0n) is 26.1. The van der Waals surface area contributed by atoms with E-state index in [4.69, 9.17) is 5.73 Å². The van der Waals surface area contributed by atoms with Crippen molar-refractivity contribution in [3.05, 3.63) is 98.7 Å². The molecule has 1 heterocycles. The minimum atomic E-state index is -0.411. The van der Waals surface area contributed by atoms with Crippen LogP contribution >= 0.6 is 11.3 Å². The molecule has 0 aliphatic rings. The maximum absolute atomic E-state index is 6.67. The molecule has 206 valence electrons. The van der Waals surface area contributed by atoms with Crippen LogP contribution in [-0.4, -0.2) is 5.54 Å². The average Bonchev–Trinajstić information content (AvgIpc) is 3.43. The summed E-state index contributed by atoms with van der Waals surface area (Å²) in [7, 11) is 0. The molecule has 0 saturated heterocycles. The van der Waals surface area contributed by atoms with Crippen LogP contribution in [0.2, 0.25) is 0 Å². The lowest BCUT2D eigenvalue weighted by Gasteiger charge is -2.29. The molecule has 0 fully saturated rings. The summed E-state index contributed by atoms with van der Waals surface area (Å²) in [5, 5.41) is 0. The summed E-state index contributed by atoms with van der Waals surface area (Å²) in [6.07, 6.45) is 6.55. The zero-order valence-corrected chi connectivity index (χ0v) is 26.9. The van der Waals surface area contributed by atoms with Gasteiger partial charge in [-0.3, -0.25) is 0 Å². The second-order valence-corrected chi connectivity index (χ2v) is 9.39. The van der Waals surface area contributed by atoms with Crippen LogP contribution in [0.4, 0.5) is 0 Å². The summed E-state index contributed by atoms with van der Waals surface area (Å²) < 4.78 is 0. The molecule has 1 aromatic heterocycles. The van der Waals surface area contributed by atoms with Crippen molar-refractivity contribution in [2.75, 3.05) is 0 Å². The van der Waals surface area contributed by atoms with Gasteiger partial charge in [0.2, 0.25) is 0 Å². The highest BCUT2D eigenvalue weighted by atomic mass is 32.1. The monoisotopic (exact) mass is 521 g/mol. The average molecular weight is 522 g/mol. The molecule has 37 heavy (non-hydrogen) atoms. The van der Waals surface area contributed by atoms with E-state index in [1.807, 2.05) is 55.4 Å². The van der Waals surface area contributed by atoms with Crippen LogP contribution in [0, 0.1) is 13.8 Å². The second kappa shape index (κ2) is 20.6. The van der Waals surface area contributed by atoms with E-state index in [1.165, 1.54) is 37.6 Å². The lowest BCUT2D eigenvalue weighted by Crippen LogP contribution is -2.39. The van der Waals surface area contributed by atoms with Crippen LogP contribution in [-0.2, 0) is 0 Å². The van der Waals surface area contributed by atoms with Gasteiger partial charge in [-0.25, -0.2) is 0 Å². The van der Waals surface area contributed by atoms with Crippen molar-refractivity contribution in [3.63, 3.8) is 0 Å². The largest absolute Gasteiger partial charge is 0.322 e. The van der Waals surface area contributed by atoms with Crippen LogP contribution in [0.3, 0.4) is 0 Å². The molecule has 0 amide bonds. The summed E-state index contributed by atoms with van der Waals surface area (Å²) in [6.45, 7) is 26.7. The van der Waals surface area contributed by atoms with Crippen LogP contribution in [0.25, 0.3) is 17.7 Å². The molecule has 0 radical (unpaired) electrons. The van der Waals surface area contributed by atoms with Crippen molar-refractivity contribution < 1.29 is 0 Å². The number of aryl methyl sites for hydroxylation is 2. The number of allylic oxidation sites excluding steroid dienone is 1. The summed E-state index contributed by atoms with van der Waals surface area (Å²) in [6, 6.07) is 21.7. The quantitative estimate of drug-likeness (QED) is 0.343. The van der Waals surface area contributed by atoms with Gasteiger partial charge in [-0.2, -0.15) is 0 Å². The maximum atomic E-state index is 6.67. The van der Waals surface area contributed by atoms with Gasteiger partial charge in [0.15, 0.2) is 0 Å². The Balaban J connectivity index is 0. The third-order valence-corrected chi connectivity index (χ3v) is 6.78. The number of thiophene rings is 1. The fourth-order valence-corrected chi connectivity index (χ4v) is 4.14. The van der Waals surface area contributed by atoms with Gasteiger partial charge < -0.3 is 5.73 Å². The Bertz CT molecular complexity index is 1000. The van der Waals surface area contributed by atoms with E-state index in [2.05, 4.69) is 114 Å². The number of hydrogen-bond donors (Lipinski definition) is 1. The van der Waals surface area contributed by atoms with Gasteiger partial charge in [0.25, 0.3) is 0 Å². The normalized spacial score (nSPS) is 12.8. The Morgan fingerprint density at radius 3 is 1.70 bits per heavy atom. The van der Waals surface area contributed by atoms with Gasteiger partial charge in [0.05, 0.1) is 0 Å². The van der Waals surface area contributed by atoms with Crippen molar-refractivity contribution in [1.82, 2.24) is 0 Å². The first-order valence-corrected chi connectivity index (χ1v) is 15.0. The SMILES string of the molecule is C/C(=C\c1ccc(C)cc1)c1ccc(/C=C/C(C)(N)C(C)c2ccc(C)cc2)s1.CC.CC.CC.CC. The smallest absolute Gasteiger partial charge is 0.0380 e. The van der Waals surface area contributed by atoms with Crippen LogP contribution < -0.4 is 5.73 Å². The van der Waals surface area contributed by atoms with E-state index < -0.39 is 5.54 Å². The molecule has 2 atom stereocenters. The molecule has 2 heteroatoms. The van der Waals surface area contributed by atoms with Gasteiger partial charge in [0.1, 0.15) is 0 Å². The highest BCUT2D eigenvalue weighted by molar-refractivity contribution is 7.14. The molecule has 3 aromatic rings. The Morgan fingerprint density at radius 2 is 1.22 bits per heavy atom. The Hall–Kier alpha value is -2.42. The number of nitrogens with two attached hydrogens (primary N) is 1. The van der Waals surface area contributed by atoms with E-state index in [0.29, 0.717) is 0 Å². The molecule has 0 saturated carbocycles. The Morgan fingerprint density at radius 1 is 0.757 bits per heavy atom.